The molecule has 88 valence electrons. The summed E-state index contributed by atoms with van der Waals surface area (Å²) in [4.78, 5) is 12.0. The Morgan fingerprint density at radius 2 is 1.94 bits per heavy atom. The van der Waals surface area contributed by atoms with E-state index < -0.39 is 0 Å². The molecule has 2 N–H and O–H groups in total. The third-order valence-corrected chi connectivity index (χ3v) is 2.60. The minimum atomic E-state index is -0.0832. The second kappa shape index (κ2) is 4.84. The average molecular weight is 230 g/mol. The van der Waals surface area contributed by atoms with Crippen LogP contribution in [0.25, 0.3) is 5.69 Å². The molecule has 1 aromatic carbocycles. The van der Waals surface area contributed by atoms with Crippen LogP contribution in [0.15, 0.2) is 47.4 Å². The number of nitrogens with zero attached hydrogens (tertiary/aromatic N) is 1. The van der Waals surface area contributed by atoms with E-state index in [2.05, 4.69) is 0 Å². The van der Waals surface area contributed by atoms with E-state index in [1.54, 1.807) is 23.9 Å². The summed E-state index contributed by atoms with van der Waals surface area (Å²) in [5.41, 5.74) is 6.82. The van der Waals surface area contributed by atoms with Gasteiger partial charge >= 0.3 is 0 Å². The highest BCUT2D eigenvalue weighted by Gasteiger charge is 2.03. The lowest BCUT2D eigenvalue weighted by Gasteiger charge is -2.08. The van der Waals surface area contributed by atoms with Crippen LogP contribution in [0.2, 0.25) is 0 Å². The molecule has 4 nitrogen and oxygen atoms in total. The number of pyridine rings is 1. The summed E-state index contributed by atoms with van der Waals surface area (Å²) in [5, 5.41) is 0. The van der Waals surface area contributed by atoms with Crippen molar-refractivity contribution in [1.82, 2.24) is 4.57 Å². The molecule has 4 heteroatoms. The Bertz CT molecular complexity index is 558. The summed E-state index contributed by atoms with van der Waals surface area (Å²) in [6.07, 6.45) is 1.73. The van der Waals surface area contributed by atoms with E-state index in [4.69, 9.17) is 10.5 Å². The molecule has 0 aliphatic rings. The van der Waals surface area contributed by atoms with Crippen LogP contribution in [-0.2, 0) is 6.54 Å². The number of benzene rings is 1. The standard InChI is InChI=1S/C13H14N2O2/c1-17-12-6-4-11(5-7-12)15-8-2-3-10(9-14)13(15)16/h2-8H,9,14H2,1H3. The molecule has 0 bridgehead atoms. The summed E-state index contributed by atoms with van der Waals surface area (Å²) < 4.78 is 6.64. The molecule has 0 fully saturated rings. The molecule has 2 aromatic rings. The van der Waals surface area contributed by atoms with E-state index in [9.17, 15) is 4.79 Å². The van der Waals surface area contributed by atoms with Gasteiger partial charge in [-0.3, -0.25) is 9.36 Å². The fourth-order valence-electron chi connectivity index (χ4n) is 1.64. The first-order valence-corrected chi connectivity index (χ1v) is 5.31. The van der Waals surface area contributed by atoms with Gasteiger partial charge in [-0.25, -0.2) is 0 Å². The van der Waals surface area contributed by atoms with Gasteiger partial charge in [-0.15, -0.1) is 0 Å². The van der Waals surface area contributed by atoms with Crippen molar-refractivity contribution in [2.75, 3.05) is 7.11 Å². The zero-order chi connectivity index (χ0) is 12.3. The highest BCUT2D eigenvalue weighted by Crippen LogP contribution is 2.13. The zero-order valence-corrected chi connectivity index (χ0v) is 9.59. The maximum Gasteiger partial charge on any atom is 0.259 e. The Kier molecular flexibility index (Phi) is 3.25. The molecule has 0 spiro atoms. The monoisotopic (exact) mass is 230 g/mol. The largest absolute Gasteiger partial charge is 0.497 e. The van der Waals surface area contributed by atoms with Gasteiger partial charge in [0.05, 0.1) is 7.11 Å². The van der Waals surface area contributed by atoms with Crippen LogP contribution < -0.4 is 16.0 Å². The van der Waals surface area contributed by atoms with Crippen molar-refractivity contribution >= 4 is 0 Å². The van der Waals surface area contributed by atoms with E-state index >= 15 is 0 Å². The van der Waals surface area contributed by atoms with Gasteiger partial charge in [-0.1, -0.05) is 6.07 Å². The van der Waals surface area contributed by atoms with Gasteiger partial charge in [0.1, 0.15) is 5.75 Å². The van der Waals surface area contributed by atoms with Crippen LogP contribution in [-0.4, -0.2) is 11.7 Å². The molecule has 0 aliphatic carbocycles. The molecule has 0 radical (unpaired) electrons. The fraction of sp³-hybridized carbons (Fsp3) is 0.154. The third-order valence-electron chi connectivity index (χ3n) is 2.60. The molecule has 17 heavy (non-hydrogen) atoms. The second-order valence-electron chi connectivity index (χ2n) is 3.61. The Morgan fingerprint density at radius 3 is 2.53 bits per heavy atom. The molecular formula is C13H14N2O2. The number of hydrogen-bond acceptors (Lipinski definition) is 3. The summed E-state index contributed by atoms with van der Waals surface area (Å²) in [7, 11) is 1.61. The van der Waals surface area contributed by atoms with Crippen LogP contribution in [0, 0.1) is 0 Å². The highest BCUT2D eigenvalue weighted by atomic mass is 16.5. The Morgan fingerprint density at radius 1 is 1.24 bits per heavy atom. The van der Waals surface area contributed by atoms with Crippen LogP contribution in [0.5, 0.6) is 5.75 Å². The number of methoxy groups -OCH3 is 1. The molecule has 0 atom stereocenters. The van der Waals surface area contributed by atoms with Crippen molar-refractivity contribution in [3.8, 4) is 11.4 Å². The first kappa shape index (κ1) is 11.4. The van der Waals surface area contributed by atoms with Gasteiger partial charge in [0.2, 0.25) is 0 Å². The topological polar surface area (TPSA) is 57.2 Å². The predicted octanol–water partition coefficient (Wildman–Crippen LogP) is 1.30. The molecule has 0 amide bonds. The molecule has 0 unspecified atom stereocenters. The summed E-state index contributed by atoms with van der Waals surface area (Å²) in [5.74, 6) is 0.761. The Hall–Kier alpha value is -2.07. The van der Waals surface area contributed by atoms with Crippen molar-refractivity contribution in [2.24, 2.45) is 5.73 Å². The summed E-state index contributed by atoms with van der Waals surface area (Å²) in [6.45, 7) is 0.246. The molecule has 0 saturated carbocycles. The summed E-state index contributed by atoms with van der Waals surface area (Å²) >= 11 is 0. The van der Waals surface area contributed by atoms with Crippen molar-refractivity contribution in [1.29, 1.82) is 0 Å². The van der Waals surface area contributed by atoms with Crippen molar-refractivity contribution in [3.63, 3.8) is 0 Å². The molecule has 2 rings (SSSR count). The van der Waals surface area contributed by atoms with E-state index in [0.29, 0.717) is 5.56 Å². The minimum absolute atomic E-state index is 0.0832. The van der Waals surface area contributed by atoms with Gasteiger partial charge < -0.3 is 10.5 Å². The molecule has 0 aliphatic heterocycles. The normalized spacial score (nSPS) is 10.2. The third kappa shape index (κ3) is 2.21. The van der Waals surface area contributed by atoms with Crippen LogP contribution >= 0.6 is 0 Å². The SMILES string of the molecule is COc1ccc(-n2cccc(CN)c2=O)cc1. The average Bonchev–Trinajstić information content (AvgIpc) is 2.39. The van der Waals surface area contributed by atoms with E-state index in [1.165, 1.54) is 0 Å². The maximum absolute atomic E-state index is 12.0. The van der Waals surface area contributed by atoms with E-state index in [0.717, 1.165) is 11.4 Å². The van der Waals surface area contributed by atoms with Crippen LogP contribution in [0.4, 0.5) is 0 Å². The lowest BCUT2D eigenvalue weighted by Crippen LogP contribution is -2.23. The summed E-state index contributed by atoms with van der Waals surface area (Å²) in [6, 6.07) is 10.9. The molecule has 1 heterocycles. The van der Waals surface area contributed by atoms with Gasteiger partial charge in [0.25, 0.3) is 5.56 Å². The first-order valence-electron chi connectivity index (χ1n) is 5.31. The first-order chi connectivity index (χ1) is 8.26. The van der Waals surface area contributed by atoms with Gasteiger partial charge in [0, 0.05) is 24.0 Å². The minimum Gasteiger partial charge on any atom is -0.497 e. The quantitative estimate of drug-likeness (QED) is 0.864. The fourth-order valence-corrected chi connectivity index (χ4v) is 1.64. The highest BCUT2D eigenvalue weighted by molar-refractivity contribution is 5.38. The van der Waals surface area contributed by atoms with Crippen molar-refractivity contribution < 1.29 is 4.74 Å². The number of nitrogens with two attached hydrogens (primary N) is 1. The lowest BCUT2D eigenvalue weighted by atomic mass is 10.2. The maximum atomic E-state index is 12.0. The molecular weight excluding hydrogens is 216 g/mol. The van der Waals surface area contributed by atoms with Crippen LogP contribution in [0.3, 0.4) is 0 Å². The van der Waals surface area contributed by atoms with E-state index in [-0.39, 0.29) is 12.1 Å². The smallest absolute Gasteiger partial charge is 0.259 e. The van der Waals surface area contributed by atoms with Gasteiger partial charge in [0.15, 0.2) is 0 Å². The van der Waals surface area contributed by atoms with Gasteiger partial charge in [-0.05, 0) is 30.3 Å². The zero-order valence-electron chi connectivity index (χ0n) is 9.59. The van der Waals surface area contributed by atoms with Gasteiger partial charge in [-0.2, -0.15) is 0 Å². The predicted molar refractivity (Wildman–Crippen MR) is 66.5 cm³/mol. The number of ether oxygens (including phenoxy) is 1. The number of aromatic nitrogens is 1. The van der Waals surface area contributed by atoms with Crippen LogP contribution in [0.1, 0.15) is 5.56 Å². The van der Waals surface area contributed by atoms with Crippen molar-refractivity contribution in [3.05, 3.63) is 58.5 Å². The van der Waals surface area contributed by atoms with Crippen molar-refractivity contribution in [2.45, 2.75) is 6.54 Å². The van der Waals surface area contributed by atoms with E-state index in [1.807, 2.05) is 30.3 Å². The lowest BCUT2D eigenvalue weighted by molar-refractivity contribution is 0.414. The molecule has 0 saturated heterocycles. The number of hydrogen-bond donors (Lipinski definition) is 1. The molecule has 1 aromatic heterocycles. The second-order valence-corrected chi connectivity index (χ2v) is 3.61. The Labute approximate surface area is 99.3 Å². The number of rotatable bonds is 3. The Balaban J connectivity index is 2.49.